The molecule has 3 rings (SSSR count). The summed E-state index contributed by atoms with van der Waals surface area (Å²) in [6, 6.07) is 12.6. The number of hydrogen-bond acceptors (Lipinski definition) is 7. The first-order valence-corrected chi connectivity index (χ1v) is 9.44. The fourth-order valence-electron chi connectivity index (χ4n) is 2.61. The number of nitrogens with one attached hydrogen (secondary N) is 3. The standard InChI is InChI=1S/C20H20BrN5O3/c1-22-19(27)13-6-4-5-7-15(13)25-18-14(21)11-23-20(26-18)24-12-8-9-16(28-2)17(10-12)29-3/h4-11H,1-3H3,(H,22,27)(H2,23,24,25,26). The van der Waals surface area contributed by atoms with Gasteiger partial charge in [-0.05, 0) is 40.2 Å². The molecule has 0 bridgehead atoms. The zero-order chi connectivity index (χ0) is 20.8. The summed E-state index contributed by atoms with van der Waals surface area (Å²) in [7, 11) is 4.74. The number of halogens is 1. The van der Waals surface area contributed by atoms with E-state index in [2.05, 4.69) is 41.8 Å². The third-order valence-corrected chi connectivity index (χ3v) is 4.62. The molecule has 0 atom stereocenters. The second-order valence-corrected chi connectivity index (χ2v) is 6.69. The molecule has 0 fully saturated rings. The van der Waals surface area contributed by atoms with Crippen LogP contribution < -0.4 is 25.4 Å². The number of carbonyl (C=O) groups excluding carboxylic acids is 1. The lowest BCUT2D eigenvalue weighted by atomic mass is 10.1. The Morgan fingerprint density at radius 3 is 2.52 bits per heavy atom. The molecule has 0 radical (unpaired) electrons. The van der Waals surface area contributed by atoms with Gasteiger partial charge < -0.3 is 25.4 Å². The van der Waals surface area contributed by atoms with Gasteiger partial charge in [0.1, 0.15) is 5.82 Å². The van der Waals surface area contributed by atoms with Crippen molar-refractivity contribution >= 4 is 45.0 Å². The maximum Gasteiger partial charge on any atom is 0.253 e. The fraction of sp³-hybridized carbons (Fsp3) is 0.150. The van der Waals surface area contributed by atoms with E-state index in [4.69, 9.17) is 9.47 Å². The normalized spacial score (nSPS) is 10.2. The summed E-state index contributed by atoms with van der Waals surface area (Å²) in [4.78, 5) is 20.9. The van der Waals surface area contributed by atoms with Crippen molar-refractivity contribution < 1.29 is 14.3 Å². The number of rotatable bonds is 7. The van der Waals surface area contributed by atoms with Crippen LogP contribution in [0, 0.1) is 0 Å². The summed E-state index contributed by atoms with van der Waals surface area (Å²) >= 11 is 3.44. The molecule has 29 heavy (non-hydrogen) atoms. The van der Waals surface area contributed by atoms with Crippen LogP contribution in [0.1, 0.15) is 10.4 Å². The van der Waals surface area contributed by atoms with Gasteiger partial charge >= 0.3 is 0 Å². The van der Waals surface area contributed by atoms with Crippen LogP contribution in [0.3, 0.4) is 0 Å². The number of amides is 1. The Hall–Kier alpha value is -3.33. The maximum atomic E-state index is 12.1. The number of benzene rings is 2. The van der Waals surface area contributed by atoms with Crippen molar-refractivity contribution in [2.45, 2.75) is 0 Å². The molecule has 0 aliphatic rings. The summed E-state index contributed by atoms with van der Waals surface area (Å²) in [6.45, 7) is 0. The summed E-state index contributed by atoms with van der Waals surface area (Å²) in [6.07, 6.45) is 1.63. The molecule has 1 aromatic heterocycles. The summed E-state index contributed by atoms with van der Waals surface area (Å²) in [5, 5.41) is 8.94. The van der Waals surface area contributed by atoms with Gasteiger partial charge in [-0.2, -0.15) is 4.98 Å². The Morgan fingerprint density at radius 2 is 1.79 bits per heavy atom. The highest BCUT2D eigenvalue weighted by atomic mass is 79.9. The van der Waals surface area contributed by atoms with Crippen molar-refractivity contribution in [1.82, 2.24) is 15.3 Å². The lowest BCUT2D eigenvalue weighted by Gasteiger charge is -2.14. The number of hydrogen-bond donors (Lipinski definition) is 3. The molecule has 0 spiro atoms. The largest absolute Gasteiger partial charge is 0.493 e. The fourth-order valence-corrected chi connectivity index (χ4v) is 2.90. The van der Waals surface area contributed by atoms with Gasteiger partial charge in [-0.15, -0.1) is 0 Å². The highest BCUT2D eigenvalue weighted by Gasteiger charge is 2.13. The van der Waals surface area contributed by atoms with Crippen molar-refractivity contribution in [3.8, 4) is 11.5 Å². The van der Waals surface area contributed by atoms with Crippen LogP contribution >= 0.6 is 15.9 Å². The van der Waals surface area contributed by atoms with E-state index in [0.29, 0.717) is 39.0 Å². The van der Waals surface area contributed by atoms with Gasteiger partial charge in [-0.1, -0.05) is 12.1 Å². The highest BCUT2D eigenvalue weighted by Crippen LogP contribution is 2.31. The minimum atomic E-state index is -0.193. The smallest absolute Gasteiger partial charge is 0.253 e. The highest BCUT2D eigenvalue weighted by molar-refractivity contribution is 9.10. The topological polar surface area (TPSA) is 97.4 Å². The Labute approximate surface area is 176 Å². The number of carbonyl (C=O) groups is 1. The summed E-state index contributed by atoms with van der Waals surface area (Å²) in [5.41, 5.74) is 1.87. The van der Waals surface area contributed by atoms with Crippen LogP contribution in [0.2, 0.25) is 0 Å². The van der Waals surface area contributed by atoms with E-state index < -0.39 is 0 Å². The number of methoxy groups -OCH3 is 2. The maximum absolute atomic E-state index is 12.1. The molecule has 3 N–H and O–H groups in total. The third-order valence-electron chi connectivity index (χ3n) is 4.04. The Kier molecular flexibility index (Phi) is 6.50. The molecule has 0 unspecified atom stereocenters. The van der Waals surface area contributed by atoms with E-state index in [9.17, 15) is 4.79 Å². The first-order chi connectivity index (χ1) is 14.0. The van der Waals surface area contributed by atoms with Gasteiger partial charge in [0.2, 0.25) is 5.95 Å². The van der Waals surface area contributed by atoms with Crippen molar-refractivity contribution in [3.05, 3.63) is 58.7 Å². The van der Waals surface area contributed by atoms with Crippen LogP contribution in [0.15, 0.2) is 53.1 Å². The predicted molar refractivity (Wildman–Crippen MR) is 116 cm³/mol. The molecule has 0 saturated heterocycles. The van der Waals surface area contributed by atoms with Crippen molar-refractivity contribution in [1.29, 1.82) is 0 Å². The second kappa shape index (κ2) is 9.24. The number of nitrogens with zero attached hydrogens (tertiary/aromatic N) is 2. The minimum absolute atomic E-state index is 0.193. The van der Waals surface area contributed by atoms with E-state index >= 15 is 0 Å². The predicted octanol–water partition coefficient (Wildman–Crippen LogP) is 4.10. The molecular formula is C20H20BrN5O3. The number of ether oxygens (including phenoxy) is 2. The van der Waals surface area contributed by atoms with Gasteiger partial charge in [0, 0.05) is 25.0 Å². The zero-order valence-electron chi connectivity index (χ0n) is 16.1. The lowest BCUT2D eigenvalue weighted by molar-refractivity contribution is 0.0964. The molecule has 3 aromatic rings. The van der Waals surface area contributed by atoms with Crippen LogP contribution in [-0.2, 0) is 0 Å². The monoisotopic (exact) mass is 457 g/mol. The van der Waals surface area contributed by atoms with Gasteiger partial charge in [0.25, 0.3) is 5.91 Å². The Morgan fingerprint density at radius 1 is 1.03 bits per heavy atom. The molecule has 9 heteroatoms. The van der Waals surface area contributed by atoms with E-state index in [-0.39, 0.29) is 5.91 Å². The van der Waals surface area contributed by atoms with Crippen molar-refractivity contribution in [3.63, 3.8) is 0 Å². The van der Waals surface area contributed by atoms with Gasteiger partial charge in [-0.3, -0.25) is 4.79 Å². The quantitative estimate of drug-likeness (QED) is 0.491. The van der Waals surface area contributed by atoms with E-state index in [1.54, 1.807) is 57.8 Å². The van der Waals surface area contributed by atoms with Crippen molar-refractivity contribution in [2.75, 3.05) is 31.9 Å². The Bertz CT molecular complexity index is 1030. The molecule has 1 amide bonds. The number of aromatic nitrogens is 2. The third kappa shape index (κ3) is 4.75. The van der Waals surface area contributed by atoms with E-state index in [1.165, 1.54) is 0 Å². The van der Waals surface area contributed by atoms with Crippen molar-refractivity contribution in [2.24, 2.45) is 0 Å². The van der Waals surface area contributed by atoms with Gasteiger partial charge in [0.15, 0.2) is 11.5 Å². The van der Waals surface area contributed by atoms with Gasteiger partial charge in [0.05, 0.1) is 29.9 Å². The van der Waals surface area contributed by atoms with E-state index in [1.807, 2.05) is 12.1 Å². The number of anilines is 4. The molecule has 8 nitrogen and oxygen atoms in total. The molecule has 0 aliphatic heterocycles. The summed E-state index contributed by atoms with van der Waals surface area (Å²) in [5.74, 6) is 1.91. The first-order valence-electron chi connectivity index (χ1n) is 8.65. The molecular weight excluding hydrogens is 438 g/mol. The second-order valence-electron chi connectivity index (χ2n) is 5.83. The SMILES string of the molecule is CNC(=O)c1ccccc1Nc1nc(Nc2ccc(OC)c(OC)c2)ncc1Br. The molecule has 2 aromatic carbocycles. The van der Waals surface area contributed by atoms with Gasteiger partial charge in [-0.25, -0.2) is 4.98 Å². The average molecular weight is 458 g/mol. The summed E-state index contributed by atoms with van der Waals surface area (Å²) < 4.78 is 11.2. The lowest BCUT2D eigenvalue weighted by Crippen LogP contribution is -2.19. The zero-order valence-corrected chi connectivity index (χ0v) is 17.7. The minimum Gasteiger partial charge on any atom is -0.493 e. The van der Waals surface area contributed by atoms with Crippen LogP contribution in [0.5, 0.6) is 11.5 Å². The number of para-hydroxylation sites is 1. The average Bonchev–Trinajstić information content (AvgIpc) is 2.75. The molecule has 0 saturated carbocycles. The van der Waals surface area contributed by atoms with Crippen LogP contribution in [0.25, 0.3) is 0 Å². The first kappa shape index (κ1) is 20.4. The van der Waals surface area contributed by atoms with E-state index in [0.717, 1.165) is 5.69 Å². The molecule has 0 aliphatic carbocycles. The van der Waals surface area contributed by atoms with Crippen LogP contribution in [-0.4, -0.2) is 37.1 Å². The Balaban J connectivity index is 1.87. The molecule has 1 heterocycles. The van der Waals surface area contributed by atoms with Crippen LogP contribution in [0.4, 0.5) is 23.1 Å². The molecule has 150 valence electrons.